The molecule has 0 bridgehead atoms. The third kappa shape index (κ3) is 3.38. The lowest BCUT2D eigenvalue weighted by Gasteiger charge is -2.36. The third-order valence-electron chi connectivity index (χ3n) is 4.31. The molecule has 1 aliphatic heterocycles. The van der Waals surface area contributed by atoms with Crippen LogP contribution in [0.25, 0.3) is 0 Å². The summed E-state index contributed by atoms with van der Waals surface area (Å²) in [6, 6.07) is 9.90. The second-order valence-electron chi connectivity index (χ2n) is 5.70. The quantitative estimate of drug-likeness (QED) is 0.785. The highest BCUT2D eigenvalue weighted by Crippen LogP contribution is 2.28. The minimum atomic E-state index is -0.428. The maximum Gasteiger partial charge on any atom is 0.374 e. The van der Waals surface area contributed by atoms with Crippen LogP contribution in [0, 0.1) is 0 Å². The lowest BCUT2D eigenvalue weighted by molar-refractivity contribution is 0.0561. The van der Waals surface area contributed by atoms with Crippen LogP contribution >= 0.6 is 0 Å². The molecule has 128 valence electrons. The molecule has 1 fully saturated rings. The zero-order chi connectivity index (χ0) is 16.9. The number of para-hydroxylation sites is 2. The molecule has 1 aliphatic rings. The van der Waals surface area contributed by atoms with E-state index in [9.17, 15) is 4.79 Å². The molecule has 1 aromatic carbocycles. The average molecular weight is 330 g/mol. The number of esters is 1. The van der Waals surface area contributed by atoms with Gasteiger partial charge in [-0.2, -0.15) is 0 Å². The average Bonchev–Trinajstić information content (AvgIpc) is 3.10. The minimum absolute atomic E-state index is 0.296. The number of methoxy groups -OCH3 is 2. The maximum absolute atomic E-state index is 11.7. The summed E-state index contributed by atoms with van der Waals surface area (Å²) in [6.07, 6.45) is 1.53. The van der Waals surface area contributed by atoms with Gasteiger partial charge >= 0.3 is 5.97 Å². The molecule has 0 radical (unpaired) electrons. The second-order valence-corrected chi connectivity index (χ2v) is 5.70. The molecule has 0 amide bonds. The number of hydrogen-bond donors (Lipinski definition) is 0. The van der Waals surface area contributed by atoms with E-state index in [4.69, 9.17) is 13.9 Å². The van der Waals surface area contributed by atoms with E-state index in [0.29, 0.717) is 12.3 Å². The molecular weight excluding hydrogens is 308 g/mol. The first-order chi connectivity index (χ1) is 11.7. The number of benzene rings is 1. The molecule has 6 nitrogen and oxygen atoms in total. The third-order valence-corrected chi connectivity index (χ3v) is 4.31. The van der Waals surface area contributed by atoms with Gasteiger partial charge in [-0.25, -0.2) is 4.79 Å². The van der Waals surface area contributed by atoms with Crippen LogP contribution in [0.1, 0.15) is 16.1 Å². The van der Waals surface area contributed by atoms with Gasteiger partial charge in [0, 0.05) is 38.3 Å². The summed E-state index contributed by atoms with van der Waals surface area (Å²) in [5.41, 5.74) is 1.99. The Labute approximate surface area is 141 Å². The SMILES string of the molecule is COC(=O)c1occc1CN1CCN(c2ccccc2OC)CC1. The molecule has 2 aromatic rings. The van der Waals surface area contributed by atoms with Crippen molar-refractivity contribution in [1.29, 1.82) is 0 Å². The zero-order valence-electron chi connectivity index (χ0n) is 14.0. The summed E-state index contributed by atoms with van der Waals surface area (Å²) in [7, 11) is 3.06. The molecular formula is C18H22N2O4. The lowest BCUT2D eigenvalue weighted by atomic mass is 10.2. The van der Waals surface area contributed by atoms with Crippen molar-refractivity contribution in [3.05, 3.63) is 47.9 Å². The Hall–Kier alpha value is -2.47. The number of piperazine rings is 1. The number of rotatable bonds is 5. The summed E-state index contributed by atoms with van der Waals surface area (Å²) in [5, 5.41) is 0. The van der Waals surface area contributed by atoms with Crippen molar-refractivity contribution < 1.29 is 18.7 Å². The van der Waals surface area contributed by atoms with Crippen LogP contribution in [-0.2, 0) is 11.3 Å². The predicted octanol–water partition coefficient (Wildman–Crippen LogP) is 2.40. The van der Waals surface area contributed by atoms with Crippen LogP contribution in [-0.4, -0.2) is 51.3 Å². The van der Waals surface area contributed by atoms with E-state index in [0.717, 1.165) is 43.2 Å². The summed E-state index contributed by atoms with van der Waals surface area (Å²) in [6.45, 7) is 4.31. The molecule has 6 heteroatoms. The van der Waals surface area contributed by atoms with Crippen LogP contribution in [0.5, 0.6) is 5.75 Å². The molecule has 0 N–H and O–H groups in total. The Morgan fingerprint density at radius 2 is 1.88 bits per heavy atom. The normalized spacial score (nSPS) is 15.3. The van der Waals surface area contributed by atoms with Crippen LogP contribution in [0.2, 0.25) is 0 Å². The number of carbonyl (C=O) groups excluding carboxylic acids is 1. The molecule has 0 atom stereocenters. The van der Waals surface area contributed by atoms with E-state index in [1.165, 1.54) is 13.4 Å². The summed E-state index contributed by atoms with van der Waals surface area (Å²) >= 11 is 0. The fourth-order valence-electron chi connectivity index (χ4n) is 3.01. The first-order valence-corrected chi connectivity index (χ1v) is 7.98. The Balaban J connectivity index is 1.62. The molecule has 0 saturated carbocycles. The van der Waals surface area contributed by atoms with E-state index in [-0.39, 0.29) is 0 Å². The molecule has 2 heterocycles. The number of carbonyl (C=O) groups is 1. The second kappa shape index (κ2) is 7.40. The fraction of sp³-hybridized carbons (Fsp3) is 0.389. The molecule has 24 heavy (non-hydrogen) atoms. The number of furan rings is 1. The topological polar surface area (TPSA) is 55.2 Å². The van der Waals surface area contributed by atoms with Gasteiger partial charge in [0.25, 0.3) is 0 Å². The Morgan fingerprint density at radius 3 is 2.58 bits per heavy atom. The smallest absolute Gasteiger partial charge is 0.374 e. The Morgan fingerprint density at radius 1 is 1.12 bits per heavy atom. The van der Waals surface area contributed by atoms with E-state index in [2.05, 4.69) is 15.9 Å². The van der Waals surface area contributed by atoms with Gasteiger partial charge in [0.1, 0.15) is 5.75 Å². The van der Waals surface area contributed by atoms with E-state index < -0.39 is 5.97 Å². The summed E-state index contributed by atoms with van der Waals surface area (Å²) in [5.74, 6) is 0.765. The number of anilines is 1. The van der Waals surface area contributed by atoms with Crippen molar-refractivity contribution in [1.82, 2.24) is 4.90 Å². The Bertz CT molecular complexity index is 690. The van der Waals surface area contributed by atoms with Crippen LogP contribution in [0.3, 0.4) is 0 Å². The number of hydrogen-bond acceptors (Lipinski definition) is 6. The number of nitrogens with zero attached hydrogens (tertiary/aromatic N) is 2. The van der Waals surface area contributed by atoms with Gasteiger partial charge in [0.15, 0.2) is 0 Å². The van der Waals surface area contributed by atoms with Crippen molar-refractivity contribution in [2.24, 2.45) is 0 Å². The molecule has 1 saturated heterocycles. The van der Waals surface area contributed by atoms with Crippen molar-refractivity contribution in [3.63, 3.8) is 0 Å². The highest BCUT2D eigenvalue weighted by molar-refractivity contribution is 5.87. The van der Waals surface area contributed by atoms with Crippen molar-refractivity contribution in [2.75, 3.05) is 45.3 Å². The predicted molar refractivity (Wildman–Crippen MR) is 90.5 cm³/mol. The molecule has 1 aromatic heterocycles. The summed E-state index contributed by atoms with van der Waals surface area (Å²) < 4.78 is 15.4. The number of ether oxygens (including phenoxy) is 2. The lowest BCUT2D eigenvalue weighted by Crippen LogP contribution is -2.46. The van der Waals surface area contributed by atoms with Gasteiger partial charge < -0.3 is 18.8 Å². The van der Waals surface area contributed by atoms with Crippen molar-refractivity contribution >= 4 is 11.7 Å². The zero-order valence-corrected chi connectivity index (χ0v) is 14.0. The molecule has 0 spiro atoms. The van der Waals surface area contributed by atoms with Gasteiger partial charge in [-0.05, 0) is 18.2 Å². The maximum atomic E-state index is 11.7. The first-order valence-electron chi connectivity index (χ1n) is 7.98. The van der Waals surface area contributed by atoms with Gasteiger partial charge in [0.2, 0.25) is 5.76 Å². The first kappa shape index (κ1) is 16.4. The molecule has 3 rings (SSSR count). The standard InChI is InChI=1S/C18H22N2O4/c1-22-16-6-4-3-5-15(16)20-10-8-19(9-11-20)13-14-7-12-24-17(14)18(21)23-2/h3-7,12H,8-11,13H2,1-2H3. The van der Waals surface area contributed by atoms with Crippen LogP contribution in [0.4, 0.5) is 5.69 Å². The summed E-state index contributed by atoms with van der Waals surface area (Å²) in [4.78, 5) is 16.3. The largest absolute Gasteiger partial charge is 0.495 e. The van der Waals surface area contributed by atoms with E-state index >= 15 is 0 Å². The van der Waals surface area contributed by atoms with Gasteiger partial charge in [-0.15, -0.1) is 0 Å². The highest BCUT2D eigenvalue weighted by atomic mass is 16.5. The van der Waals surface area contributed by atoms with Crippen molar-refractivity contribution in [2.45, 2.75) is 6.54 Å². The Kier molecular flexibility index (Phi) is 5.05. The van der Waals surface area contributed by atoms with Gasteiger partial charge in [-0.3, -0.25) is 4.90 Å². The van der Waals surface area contributed by atoms with Gasteiger partial charge in [-0.1, -0.05) is 12.1 Å². The van der Waals surface area contributed by atoms with Gasteiger partial charge in [0.05, 0.1) is 26.2 Å². The molecule has 0 unspecified atom stereocenters. The van der Waals surface area contributed by atoms with Crippen LogP contribution in [0.15, 0.2) is 41.0 Å². The molecule has 0 aliphatic carbocycles. The monoisotopic (exact) mass is 330 g/mol. The van der Waals surface area contributed by atoms with E-state index in [1.807, 2.05) is 24.3 Å². The highest BCUT2D eigenvalue weighted by Gasteiger charge is 2.22. The fourth-order valence-corrected chi connectivity index (χ4v) is 3.01. The van der Waals surface area contributed by atoms with Crippen LogP contribution < -0.4 is 9.64 Å². The van der Waals surface area contributed by atoms with Crippen molar-refractivity contribution in [3.8, 4) is 5.75 Å². The minimum Gasteiger partial charge on any atom is -0.495 e. The van der Waals surface area contributed by atoms with E-state index in [1.54, 1.807) is 7.11 Å².